The van der Waals surface area contributed by atoms with E-state index in [1.807, 2.05) is 18.2 Å². The van der Waals surface area contributed by atoms with E-state index >= 15 is 0 Å². The second-order valence-corrected chi connectivity index (χ2v) is 3.24. The van der Waals surface area contributed by atoms with E-state index in [0.29, 0.717) is 19.6 Å². The van der Waals surface area contributed by atoms with Crippen LogP contribution in [-0.2, 0) is 29.2 Å². The zero-order chi connectivity index (χ0) is 9.26. The van der Waals surface area contributed by atoms with Crippen LogP contribution in [-0.4, -0.2) is 5.91 Å². The molecule has 0 aromatic heterocycles. The first-order valence-corrected chi connectivity index (χ1v) is 4.22. The van der Waals surface area contributed by atoms with Crippen molar-refractivity contribution in [2.24, 2.45) is 5.73 Å². The highest BCUT2D eigenvalue weighted by atomic mass is 16.5. The van der Waals surface area contributed by atoms with Gasteiger partial charge in [-0.15, -0.1) is 0 Å². The van der Waals surface area contributed by atoms with Crippen molar-refractivity contribution < 1.29 is 9.53 Å². The number of hydrogen-bond acceptors (Lipinski definition) is 2. The minimum atomic E-state index is -0.293. The van der Waals surface area contributed by atoms with Gasteiger partial charge in [-0.1, -0.05) is 18.2 Å². The van der Waals surface area contributed by atoms with E-state index in [1.165, 1.54) is 11.1 Å². The zero-order valence-electron chi connectivity index (χ0n) is 7.25. The second-order valence-electron chi connectivity index (χ2n) is 3.24. The first-order chi connectivity index (χ1) is 6.25. The summed E-state index contributed by atoms with van der Waals surface area (Å²) >= 11 is 0. The second kappa shape index (κ2) is 3.18. The fourth-order valence-electron chi connectivity index (χ4n) is 1.54. The molecule has 2 N–H and O–H groups in total. The molecule has 0 bridgehead atoms. The first kappa shape index (κ1) is 8.26. The van der Waals surface area contributed by atoms with Crippen LogP contribution >= 0.6 is 0 Å². The number of nitrogens with two attached hydrogens (primary N) is 1. The van der Waals surface area contributed by atoms with Gasteiger partial charge in [-0.05, 0) is 16.7 Å². The number of fused-ring (bicyclic) bond motifs is 1. The summed E-state index contributed by atoms with van der Waals surface area (Å²) in [6.45, 7) is 1.34. The summed E-state index contributed by atoms with van der Waals surface area (Å²) in [5, 5.41) is 0. The molecule has 68 valence electrons. The van der Waals surface area contributed by atoms with Gasteiger partial charge in [0.15, 0.2) is 0 Å². The van der Waals surface area contributed by atoms with E-state index < -0.39 is 0 Å². The normalized spacial score (nSPS) is 14.2. The average Bonchev–Trinajstić information content (AvgIpc) is 2.49. The van der Waals surface area contributed by atoms with Gasteiger partial charge < -0.3 is 10.5 Å². The van der Waals surface area contributed by atoms with Crippen LogP contribution in [0, 0.1) is 0 Å². The SMILES string of the molecule is NC(=O)Cc1ccc2c(c1)COC2. The molecule has 13 heavy (non-hydrogen) atoms. The van der Waals surface area contributed by atoms with Crippen LogP contribution in [0.5, 0.6) is 0 Å². The Morgan fingerprint density at radius 2 is 2.15 bits per heavy atom. The largest absolute Gasteiger partial charge is 0.372 e. The molecule has 1 aromatic carbocycles. The molecule has 0 unspecified atom stereocenters. The Hall–Kier alpha value is -1.35. The first-order valence-electron chi connectivity index (χ1n) is 4.22. The lowest BCUT2D eigenvalue weighted by atomic mass is 10.0. The van der Waals surface area contributed by atoms with Crippen LogP contribution in [0.3, 0.4) is 0 Å². The van der Waals surface area contributed by atoms with Gasteiger partial charge in [0.25, 0.3) is 0 Å². The van der Waals surface area contributed by atoms with Gasteiger partial charge in [0, 0.05) is 0 Å². The van der Waals surface area contributed by atoms with E-state index in [9.17, 15) is 4.79 Å². The van der Waals surface area contributed by atoms with Crippen molar-refractivity contribution in [3.05, 3.63) is 34.9 Å². The van der Waals surface area contributed by atoms with Gasteiger partial charge in [-0.3, -0.25) is 4.79 Å². The molecule has 0 saturated carbocycles. The number of carbonyl (C=O) groups excluding carboxylic acids is 1. The predicted molar refractivity (Wildman–Crippen MR) is 47.8 cm³/mol. The molecule has 0 atom stereocenters. The summed E-state index contributed by atoms with van der Waals surface area (Å²) in [5.41, 5.74) is 8.46. The highest BCUT2D eigenvalue weighted by Crippen LogP contribution is 2.20. The average molecular weight is 177 g/mol. The number of carbonyl (C=O) groups is 1. The Balaban J connectivity index is 2.25. The smallest absolute Gasteiger partial charge is 0.221 e. The molecule has 0 radical (unpaired) electrons. The fraction of sp³-hybridized carbons (Fsp3) is 0.300. The fourth-order valence-corrected chi connectivity index (χ4v) is 1.54. The van der Waals surface area contributed by atoms with E-state index in [4.69, 9.17) is 10.5 Å². The van der Waals surface area contributed by atoms with Crippen LogP contribution in [0.15, 0.2) is 18.2 Å². The lowest BCUT2D eigenvalue weighted by molar-refractivity contribution is -0.117. The van der Waals surface area contributed by atoms with Crippen LogP contribution in [0.4, 0.5) is 0 Å². The van der Waals surface area contributed by atoms with E-state index in [-0.39, 0.29) is 5.91 Å². The summed E-state index contributed by atoms with van der Waals surface area (Å²) in [5.74, 6) is -0.293. The van der Waals surface area contributed by atoms with Gasteiger partial charge in [-0.2, -0.15) is 0 Å². The zero-order valence-corrected chi connectivity index (χ0v) is 7.25. The minimum Gasteiger partial charge on any atom is -0.372 e. The molecule has 2 rings (SSSR count). The van der Waals surface area contributed by atoms with Crippen molar-refractivity contribution >= 4 is 5.91 Å². The number of ether oxygens (including phenoxy) is 1. The molecule has 1 aliphatic heterocycles. The summed E-state index contributed by atoms with van der Waals surface area (Å²) < 4.78 is 5.26. The molecule has 3 nitrogen and oxygen atoms in total. The van der Waals surface area contributed by atoms with Crippen molar-refractivity contribution in [1.82, 2.24) is 0 Å². The molecule has 1 heterocycles. The Bertz CT molecular complexity index is 347. The standard InChI is InChI=1S/C10H11NO2/c11-10(12)4-7-1-2-8-5-13-6-9(8)3-7/h1-3H,4-6H2,(H2,11,12). The highest BCUT2D eigenvalue weighted by Gasteiger charge is 2.11. The van der Waals surface area contributed by atoms with Crippen LogP contribution < -0.4 is 5.73 Å². The molecule has 3 heteroatoms. The monoisotopic (exact) mass is 177 g/mol. The number of primary amides is 1. The van der Waals surface area contributed by atoms with Gasteiger partial charge in [0.2, 0.25) is 5.91 Å². The Morgan fingerprint density at radius 1 is 1.38 bits per heavy atom. The molecule has 0 fully saturated rings. The van der Waals surface area contributed by atoms with Crippen LogP contribution in [0.25, 0.3) is 0 Å². The molecule has 1 aliphatic rings. The van der Waals surface area contributed by atoms with Gasteiger partial charge in [0.1, 0.15) is 0 Å². The summed E-state index contributed by atoms with van der Waals surface area (Å²) in [7, 11) is 0. The maximum absolute atomic E-state index is 10.7. The van der Waals surface area contributed by atoms with Gasteiger partial charge in [-0.25, -0.2) is 0 Å². The van der Waals surface area contributed by atoms with Gasteiger partial charge in [0.05, 0.1) is 19.6 Å². The quantitative estimate of drug-likeness (QED) is 0.724. The third-order valence-electron chi connectivity index (χ3n) is 2.16. The molecular formula is C10H11NO2. The van der Waals surface area contributed by atoms with Crippen molar-refractivity contribution in [1.29, 1.82) is 0 Å². The maximum Gasteiger partial charge on any atom is 0.221 e. The minimum absolute atomic E-state index is 0.293. The predicted octanol–water partition coefficient (Wildman–Crippen LogP) is 0.745. The molecule has 1 amide bonds. The Morgan fingerprint density at radius 3 is 2.92 bits per heavy atom. The lowest BCUT2D eigenvalue weighted by Gasteiger charge is -2.00. The van der Waals surface area contributed by atoms with Crippen LogP contribution in [0.2, 0.25) is 0 Å². The summed E-state index contributed by atoms with van der Waals surface area (Å²) in [4.78, 5) is 10.7. The summed E-state index contributed by atoms with van der Waals surface area (Å²) in [6.07, 6.45) is 0.313. The lowest BCUT2D eigenvalue weighted by Crippen LogP contribution is -2.13. The number of benzene rings is 1. The third kappa shape index (κ3) is 1.70. The molecule has 0 spiro atoms. The number of rotatable bonds is 2. The highest BCUT2D eigenvalue weighted by molar-refractivity contribution is 5.76. The third-order valence-corrected chi connectivity index (χ3v) is 2.16. The topological polar surface area (TPSA) is 52.3 Å². The summed E-state index contributed by atoms with van der Waals surface area (Å²) in [6, 6.07) is 5.92. The van der Waals surface area contributed by atoms with Crippen LogP contribution in [0.1, 0.15) is 16.7 Å². The van der Waals surface area contributed by atoms with Crippen molar-refractivity contribution in [3.63, 3.8) is 0 Å². The van der Waals surface area contributed by atoms with E-state index in [2.05, 4.69) is 0 Å². The molecule has 0 aliphatic carbocycles. The van der Waals surface area contributed by atoms with E-state index in [1.54, 1.807) is 0 Å². The number of amides is 1. The van der Waals surface area contributed by atoms with Crippen molar-refractivity contribution in [3.8, 4) is 0 Å². The maximum atomic E-state index is 10.7. The van der Waals surface area contributed by atoms with Crippen molar-refractivity contribution in [2.45, 2.75) is 19.6 Å². The van der Waals surface area contributed by atoms with E-state index in [0.717, 1.165) is 5.56 Å². The molecule has 0 saturated heterocycles. The van der Waals surface area contributed by atoms with Crippen molar-refractivity contribution in [2.75, 3.05) is 0 Å². The molecule has 1 aromatic rings. The number of hydrogen-bond donors (Lipinski definition) is 1. The Labute approximate surface area is 76.5 Å². The molecular weight excluding hydrogens is 166 g/mol. The Kier molecular flexibility index (Phi) is 2.02. The van der Waals surface area contributed by atoms with Gasteiger partial charge >= 0.3 is 0 Å².